The quantitative estimate of drug-likeness (QED) is 0.674. The molecule has 0 aliphatic carbocycles. The molecular formula is C19H20BNO3. The van der Waals surface area contributed by atoms with Gasteiger partial charge in [0, 0.05) is 11.0 Å². The molecular weight excluding hydrogens is 301 g/mol. The van der Waals surface area contributed by atoms with Crippen molar-refractivity contribution in [3.05, 3.63) is 48.5 Å². The molecule has 4 nitrogen and oxygen atoms in total. The van der Waals surface area contributed by atoms with E-state index in [-0.39, 0.29) is 11.2 Å². The van der Waals surface area contributed by atoms with Crippen molar-refractivity contribution >= 4 is 23.7 Å². The molecule has 1 fully saturated rings. The Morgan fingerprint density at radius 1 is 0.833 bits per heavy atom. The number of hydrogen-bond donors (Lipinski definition) is 0. The van der Waals surface area contributed by atoms with Crippen LogP contribution in [0.15, 0.2) is 52.9 Å². The summed E-state index contributed by atoms with van der Waals surface area (Å²) in [6.45, 7) is 8.19. The summed E-state index contributed by atoms with van der Waals surface area (Å²) in [5, 5.41) is 0. The van der Waals surface area contributed by atoms with E-state index in [9.17, 15) is 0 Å². The molecule has 4 rings (SSSR count). The minimum atomic E-state index is -0.451. The summed E-state index contributed by atoms with van der Waals surface area (Å²) >= 11 is 0. The first kappa shape index (κ1) is 15.4. The Balaban J connectivity index is 1.79. The summed E-state index contributed by atoms with van der Waals surface area (Å²) in [7, 11) is -0.451. The zero-order valence-electron chi connectivity index (χ0n) is 14.4. The maximum Gasteiger partial charge on any atom is 0.497 e. The van der Waals surface area contributed by atoms with E-state index >= 15 is 0 Å². The van der Waals surface area contributed by atoms with E-state index in [4.69, 9.17) is 18.7 Å². The second-order valence-corrected chi connectivity index (χ2v) is 7.17. The SMILES string of the molecule is CC1(C)OB(c2cccc3oc(-c4ccccc4)nc23)OC1(C)C. The van der Waals surface area contributed by atoms with Gasteiger partial charge in [0.1, 0.15) is 5.52 Å². The Hall–Kier alpha value is -2.11. The van der Waals surface area contributed by atoms with E-state index in [1.165, 1.54) is 0 Å². The molecule has 3 aromatic rings. The van der Waals surface area contributed by atoms with Crippen molar-refractivity contribution in [2.75, 3.05) is 0 Å². The molecule has 2 heterocycles. The van der Waals surface area contributed by atoms with E-state index in [0.717, 1.165) is 22.1 Å². The van der Waals surface area contributed by atoms with Gasteiger partial charge in [-0.3, -0.25) is 0 Å². The molecule has 1 saturated heterocycles. The highest BCUT2D eigenvalue weighted by Gasteiger charge is 2.52. The highest BCUT2D eigenvalue weighted by atomic mass is 16.7. The first-order valence-corrected chi connectivity index (χ1v) is 8.18. The van der Waals surface area contributed by atoms with Crippen LogP contribution in [0.5, 0.6) is 0 Å². The van der Waals surface area contributed by atoms with Crippen molar-refractivity contribution in [3.63, 3.8) is 0 Å². The Morgan fingerprint density at radius 3 is 2.17 bits per heavy atom. The molecule has 0 atom stereocenters. The normalized spacial score (nSPS) is 19.1. The van der Waals surface area contributed by atoms with Crippen molar-refractivity contribution in [2.45, 2.75) is 38.9 Å². The second kappa shape index (κ2) is 5.20. The molecule has 1 aromatic heterocycles. The fourth-order valence-electron chi connectivity index (χ4n) is 2.83. The first-order chi connectivity index (χ1) is 11.4. The number of oxazole rings is 1. The van der Waals surface area contributed by atoms with Crippen molar-refractivity contribution in [3.8, 4) is 11.5 Å². The van der Waals surface area contributed by atoms with Gasteiger partial charge in [0.05, 0.1) is 11.2 Å². The lowest BCUT2D eigenvalue weighted by Gasteiger charge is -2.32. The predicted octanol–water partition coefficient (Wildman–Crippen LogP) is 3.79. The summed E-state index contributed by atoms with van der Waals surface area (Å²) in [4.78, 5) is 4.70. The molecule has 1 aliphatic rings. The number of para-hydroxylation sites is 1. The van der Waals surface area contributed by atoms with Crippen LogP contribution in [0.25, 0.3) is 22.6 Å². The Morgan fingerprint density at radius 2 is 1.50 bits per heavy atom. The predicted molar refractivity (Wildman–Crippen MR) is 95.2 cm³/mol. The molecule has 0 radical (unpaired) electrons. The number of benzene rings is 2. The Kier molecular flexibility index (Phi) is 3.34. The number of fused-ring (bicyclic) bond motifs is 1. The lowest BCUT2D eigenvalue weighted by atomic mass is 9.78. The highest BCUT2D eigenvalue weighted by Crippen LogP contribution is 2.37. The fourth-order valence-corrected chi connectivity index (χ4v) is 2.83. The average molecular weight is 321 g/mol. The maximum absolute atomic E-state index is 6.17. The van der Waals surface area contributed by atoms with E-state index in [2.05, 4.69) is 0 Å². The summed E-state index contributed by atoms with van der Waals surface area (Å²) in [5.41, 5.74) is 2.61. The van der Waals surface area contributed by atoms with Crippen molar-refractivity contribution in [1.82, 2.24) is 4.98 Å². The summed E-state index contributed by atoms with van der Waals surface area (Å²) in [6, 6.07) is 15.7. The molecule has 0 N–H and O–H groups in total. The first-order valence-electron chi connectivity index (χ1n) is 8.18. The molecule has 24 heavy (non-hydrogen) atoms. The van der Waals surface area contributed by atoms with Crippen LogP contribution in [0.3, 0.4) is 0 Å². The van der Waals surface area contributed by atoms with Crippen molar-refractivity contribution < 1.29 is 13.7 Å². The topological polar surface area (TPSA) is 44.5 Å². The van der Waals surface area contributed by atoms with E-state index < -0.39 is 7.12 Å². The molecule has 1 aliphatic heterocycles. The molecule has 0 unspecified atom stereocenters. The van der Waals surface area contributed by atoms with E-state index in [0.29, 0.717) is 5.89 Å². The van der Waals surface area contributed by atoms with Crippen LogP contribution < -0.4 is 5.46 Å². The number of aromatic nitrogens is 1. The van der Waals surface area contributed by atoms with Gasteiger partial charge in [0.2, 0.25) is 5.89 Å². The number of nitrogens with zero attached hydrogens (tertiary/aromatic N) is 1. The van der Waals surface area contributed by atoms with Crippen LogP contribution in [0.1, 0.15) is 27.7 Å². The minimum absolute atomic E-state index is 0.383. The van der Waals surface area contributed by atoms with Crippen LogP contribution in [-0.4, -0.2) is 23.3 Å². The Labute approximate surface area is 141 Å². The van der Waals surface area contributed by atoms with E-state index in [1.54, 1.807) is 0 Å². The second-order valence-electron chi connectivity index (χ2n) is 7.17. The van der Waals surface area contributed by atoms with Gasteiger partial charge in [-0.2, -0.15) is 0 Å². The van der Waals surface area contributed by atoms with Gasteiger partial charge in [-0.1, -0.05) is 30.3 Å². The van der Waals surface area contributed by atoms with Crippen molar-refractivity contribution in [1.29, 1.82) is 0 Å². The third-order valence-electron chi connectivity index (χ3n) is 4.98. The molecule has 0 bridgehead atoms. The highest BCUT2D eigenvalue weighted by molar-refractivity contribution is 6.64. The third-order valence-corrected chi connectivity index (χ3v) is 4.98. The lowest BCUT2D eigenvalue weighted by Crippen LogP contribution is -2.41. The Bertz CT molecular complexity index is 870. The monoisotopic (exact) mass is 321 g/mol. The maximum atomic E-state index is 6.17. The van der Waals surface area contributed by atoms with Crippen LogP contribution in [0.4, 0.5) is 0 Å². The fraction of sp³-hybridized carbons (Fsp3) is 0.316. The van der Waals surface area contributed by atoms with E-state index in [1.807, 2.05) is 76.2 Å². The van der Waals surface area contributed by atoms with Gasteiger partial charge < -0.3 is 13.7 Å². The zero-order valence-corrected chi connectivity index (χ0v) is 14.4. The molecule has 2 aromatic carbocycles. The third kappa shape index (κ3) is 2.36. The minimum Gasteiger partial charge on any atom is -0.436 e. The molecule has 0 amide bonds. The standard InChI is InChI=1S/C19H20BNO3/c1-18(2)19(3,4)24-20(23-18)14-11-8-12-15-16(14)21-17(22-15)13-9-6-5-7-10-13/h5-12H,1-4H3. The largest absolute Gasteiger partial charge is 0.497 e. The van der Waals surface area contributed by atoms with Gasteiger partial charge >= 0.3 is 7.12 Å². The van der Waals surface area contributed by atoms with Gasteiger partial charge in [0.15, 0.2) is 5.58 Å². The van der Waals surface area contributed by atoms with Gasteiger partial charge in [-0.15, -0.1) is 0 Å². The molecule has 122 valence electrons. The summed E-state index contributed by atoms with van der Waals surface area (Å²) < 4.78 is 18.3. The average Bonchev–Trinajstić information content (AvgIpc) is 3.06. The number of hydrogen-bond acceptors (Lipinski definition) is 4. The zero-order chi connectivity index (χ0) is 16.9. The molecule has 0 saturated carbocycles. The molecule has 0 spiro atoms. The lowest BCUT2D eigenvalue weighted by molar-refractivity contribution is 0.00578. The summed E-state index contributed by atoms with van der Waals surface area (Å²) in [5.74, 6) is 0.606. The van der Waals surface area contributed by atoms with Gasteiger partial charge in [-0.25, -0.2) is 4.98 Å². The van der Waals surface area contributed by atoms with Crippen LogP contribution in [0.2, 0.25) is 0 Å². The van der Waals surface area contributed by atoms with Crippen LogP contribution in [0, 0.1) is 0 Å². The van der Waals surface area contributed by atoms with Gasteiger partial charge in [0.25, 0.3) is 0 Å². The summed E-state index contributed by atoms with van der Waals surface area (Å²) in [6.07, 6.45) is 0. The molecule has 5 heteroatoms. The van der Waals surface area contributed by atoms with Crippen LogP contribution in [-0.2, 0) is 9.31 Å². The van der Waals surface area contributed by atoms with Crippen molar-refractivity contribution in [2.24, 2.45) is 0 Å². The smallest absolute Gasteiger partial charge is 0.436 e. The van der Waals surface area contributed by atoms with Gasteiger partial charge in [-0.05, 0) is 45.9 Å². The van der Waals surface area contributed by atoms with Crippen LogP contribution >= 0.6 is 0 Å². The number of rotatable bonds is 2.